The van der Waals surface area contributed by atoms with E-state index in [4.69, 9.17) is 14.2 Å². The molecular weight excluding hydrogens is 466 g/mol. The van der Waals surface area contributed by atoms with Crippen LogP contribution in [0.2, 0.25) is 0 Å². The number of nitrogens with one attached hydrogen (secondary N) is 1. The van der Waals surface area contributed by atoms with Gasteiger partial charge in [-0.3, -0.25) is 19.6 Å². The zero-order chi connectivity index (χ0) is 24.3. The highest BCUT2D eigenvalue weighted by Crippen LogP contribution is 2.31. The number of likely N-dealkylation sites (tertiary alicyclic amines) is 1. The minimum Gasteiger partial charge on any atom is -0.495 e. The van der Waals surface area contributed by atoms with Gasteiger partial charge >= 0.3 is 0 Å². The Morgan fingerprint density at radius 1 is 1.12 bits per heavy atom. The van der Waals surface area contributed by atoms with Gasteiger partial charge in [-0.2, -0.15) is 0 Å². The average Bonchev–Trinajstić information content (AvgIpc) is 3.38. The molecule has 4 rings (SSSR count). The first-order chi connectivity index (χ1) is 16.3. The number of hydrogen-bond acceptors (Lipinski definition) is 8. The van der Waals surface area contributed by atoms with E-state index in [9.17, 15) is 23.3 Å². The van der Waals surface area contributed by atoms with Crippen molar-refractivity contribution in [2.24, 2.45) is 5.92 Å². The normalized spacial score (nSPS) is 17.5. The fourth-order valence-corrected chi connectivity index (χ4v) is 5.14. The summed E-state index contributed by atoms with van der Waals surface area (Å²) in [6.45, 7) is 2.34. The number of non-ortho nitro benzene ring substituents is 1. The molecule has 1 N–H and O–H groups in total. The number of piperidine rings is 1. The van der Waals surface area contributed by atoms with E-state index in [1.165, 1.54) is 43.5 Å². The van der Waals surface area contributed by atoms with Crippen molar-refractivity contribution in [3.63, 3.8) is 0 Å². The van der Waals surface area contributed by atoms with Crippen LogP contribution in [0, 0.1) is 16.0 Å². The van der Waals surface area contributed by atoms with Crippen LogP contribution in [0.15, 0.2) is 47.4 Å². The lowest BCUT2D eigenvalue weighted by Crippen LogP contribution is -2.41. The molecule has 2 saturated heterocycles. The highest BCUT2D eigenvalue weighted by molar-refractivity contribution is 7.92. The van der Waals surface area contributed by atoms with Gasteiger partial charge in [0.1, 0.15) is 5.75 Å². The van der Waals surface area contributed by atoms with Gasteiger partial charge in [-0.15, -0.1) is 0 Å². The van der Waals surface area contributed by atoms with Crippen molar-refractivity contribution in [2.45, 2.75) is 24.0 Å². The van der Waals surface area contributed by atoms with Crippen LogP contribution in [0.3, 0.4) is 0 Å². The van der Waals surface area contributed by atoms with Gasteiger partial charge in [0.25, 0.3) is 21.6 Å². The number of nitrogens with zero attached hydrogens (tertiary/aromatic N) is 2. The van der Waals surface area contributed by atoms with E-state index in [0.29, 0.717) is 31.9 Å². The van der Waals surface area contributed by atoms with E-state index < -0.39 is 14.9 Å². The highest BCUT2D eigenvalue weighted by Gasteiger charge is 2.32. The standard InChI is InChI=1S/C22H25N3O8S/c1-31-20-7-4-17(25(27)28)14-19(20)23-34(29,30)18-5-2-15(3-6-18)21(26)24-10-8-16(9-11-24)22-32-12-13-33-22/h2-7,14,16,22-23H,8-13H2,1H3. The van der Waals surface area contributed by atoms with Crippen LogP contribution in [-0.4, -0.2) is 63.9 Å². The maximum atomic E-state index is 12.9. The quantitative estimate of drug-likeness (QED) is 0.461. The monoisotopic (exact) mass is 491 g/mol. The molecular formula is C22H25N3O8S. The first kappa shape index (κ1) is 23.9. The van der Waals surface area contributed by atoms with E-state index in [0.717, 1.165) is 18.9 Å². The van der Waals surface area contributed by atoms with E-state index >= 15 is 0 Å². The molecule has 0 aliphatic carbocycles. The van der Waals surface area contributed by atoms with Crippen LogP contribution in [0.5, 0.6) is 5.75 Å². The molecule has 0 unspecified atom stereocenters. The summed E-state index contributed by atoms with van der Waals surface area (Å²) >= 11 is 0. The Labute approximate surface area is 196 Å². The van der Waals surface area contributed by atoms with Gasteiger partial charge in [-0.05, 0) is 43.2 Å². The summed E-state index contributed by atoms with van der Waals surface area (Å²) < 4.78 is 44.2. The first-order valence-corrected chi connectivity index (χ1v) is 12.2. The van der Waals surface area contributed by atoms with E-state index in [2.05, 4.69) is 4.72 Å². The number of hydrogen-bond donors (Lipinski definition) is 1. The summed E-state index contributed by atoms with van der Waals surface area (Å²) in [5.74, 6) is 0.220. The van der Waals surface area contributed by atoms with E-state index in [1.54, 1.807) is 4.90 Å². The van der Waals surface area contributed by atoms with Crippen molar-refractivity contribution in [1.29, 1.82) is 0 Å². The predicted molar refractivity (Wildman–Crippen MR) is 121 cm³/mol. The van der Waals surface area contributed by atoms with Crippen molar-refractivity contribution >= 4 is 27.3 Å². The van der Waals surface area contributed by atoms with Crippen LogP contribution in [-0.2, 0) is 19.5 Å². The van der Waals surface area contributed by atoms with Crippen molar-refractivity contribution in [3.05, 3.63) is 58.1 Å². The Morgan fingerprint density at radius 2 is 1.76 bits per heavy atom. The van der Waals surface area contributed by atoms with Crippen LogP contribution in [0.25, 0.3) is 0 Å². The molecule has 2 heterocycles. The number of rotatable bonds is 7. The molecule has 0 saturated carbocycles. The third-order valence-electron chi connectivity index (χ3n) is 5.91. The first-order valence-electron chi connectivity index (χ1n) is 10.8. The molecule has 0 radical (unpaired) electrons. The fraction of sp³-hybridized carbons (Fsp3) is 0.409. The SMILES string of the molecule is COc1ccc([N+](=O)[O-])cc1NS(=O)(=O)c1ccc(C(=O)N2CCC(C3OCCO3)CC2)cc1. The topological polar surface area (TPSA) is 137 Å². The Hall–Kier alpha value is -3.22. The Kier molecular flexibility index (Phi) is 7.00. The Morgan fingerprint density at radius 3 is 2.35 bits per heavy atom. The molecule has 1 amide bonds. The summed E-state index contributed by atoms with van der Waals surface area (Å²) in [6, 6.07) is 9.17. The molecule has 34 heavy (non-hydrogen) atoms. The molecule has 2 aliphatic rings. The molecule has 0 bridgehead atoms. The minimum atomic E-state index is -4.08. The van der Waals surface area contributed by atoms with Crippen molar-refractivity contribution in [1.82, 2.24) is 4.90 Å². The molecule has 0 spiro atoms. The number of sulfonamides is 1. The largest absolute Gasteiger partial charge is 0.495 e. The van der Waals surface area contributed by atoms with Crippen LogP contribution in [0.4, 0.5) is 11.4 Å². The van der Waals surface area contributed by atoms with Crippen molar-refractivity contribution in [2.75, 3.05) is 38.1 Å². The van der Waals surface area contributed by atoms with Gasteiger partial charge in [-0.1, -0.05) is 0 Å². The molecule has 2 aromatic carbocycles. The summed E-state index contributed by atoms with van der Waals surface area (Å²) in [6.07, 6.45) is 1.36. The summed E-state index contributed by atoms with van der Waals surface area (Å²) in [4.78, 5) is 24.9. The second kappa shape index (κ2) is 9.95. The molecule has 0 aromatic heterocycles. The van der Waals surface area contributed by atoms with Gasteiger partial charge in [0.05, 0.1) is 35.8 Å². The fourth-order valence-electron chi connectivity index (χ4n) is 4.08. The molecule has 182 valence electrons. The van der Waals surface area contributed by atoms with Gasteiger partial charge in [0.15, 0.2) is 6.29 Å². The summed E-state index contributed by atoms with van der Waals surface area (Å²) in [5, 5.41) is 11.0. The number of nitro groups is 1. The maximum absolute atomic E-state index is 12.9. The number of nitro benzene ring substituents is 1. The lowest BCUT2D eigenvalue weighted by Gasteiger charge is -2.33. The molecule has 12 heteroatoms. The second-order valence-corrected chi connectivity index (χ2v) is 9.69. The number of anilines is 1. The maximum Gasteiger partial charge on any atom is 0.271 e. The van der Waals surface area contributed by atoms with Crippen LogP contribution >= 0.6 is 0 Å². The third-order valence-corrected chi connectivity index (χ3v) is 7.29. The van der Waals surface area contributed by atoms with Gasteiger partial charge in [0.2, 0.25) is 0 Å². The zero-order valence-electron chi connectivity index (χ0n) is 18.5. The lowest BCUT2D eigenvalue weighted by molar-refractivity contribution is -0.384. The Balaban J connectivity index is 1.43. The molecule has 2 fully saturated rings. The summed E-state index contributed by atoms with van der Waals surface area (Å²) in [5.41, 5.74) is 0.0305. The van der Waals surface area contributed by atoms with E-state index in [1.807, 2.05) is 0 Å². The number of benzene rings is 2. The van der Waals surface area contributed by atoms with Crippen molar-refractivity contribution < 1.29 is 32.3 Å². The number of carbonyl (C=O) groups excluding carboxylic acids is 1. The number of methoxy groups -OCH3 is 1. The zero-order valence-corrected chi connectivity index (χ0v) is 19.3. The van der Waals surface area contributed by atoms with Gasteiger partial charge in [-0.25, -0.2) is 8.42 Å². The van der Waals surface area contributed by atoms with Crippen LogP contribution in [0.1, 0.15) is 23.2 Å². The smallest absolute Gasteiger partial charge is 0.271 e. The predicted octanol–water partition coefficient (Wildman–Crippen LogP) is 2.63. The number of carbonyl (C=O) groups is 1. The number of ether oxygens (including phenoxy) is 3. The van der Waals surface area contributed by atoms with Gasteiger partial charge in [0, 0.05) is 36.7 Å². The lowest BCUT2D eigenvalue weighted by atomic mass is 9.95. The molecule has 2 aromatic rings. The molecule has 2 aliphatic heterocycles. The van der Waals surface area contributed by atoms with Crippen molar-refractivity contribution in [3.8, 4) is 5.75 Å². The molecule has 11 nitrogen and oxygen atoms in total. The van der Waals surface area contributed by atoms with Crippen LogP contribution < -0.4 is 9.46 Å². The Bertz CT molecular complexity index is 1160. The number of amides is 1. The second-order valence-electron chi connectivity index (χ2n) is 8.01. The highest BCUT2D eigenvalue weighted by atomic mass is 32.2. The van der Waals surface area contributed by atoms with Gasteiger partial charge < -0.3 is 19.1 Å². The molecule has 0 atom stereocenters. The average molecular weight is 492 g/mol. The van der Waals surface area contributed by atoms with E-state index in [-0.39, 0.29) is 40.1 Å². The summed E-state index contributed by atoms with van der Waals surface area (Å²) in [7, 11) is -2.75. The third kappa shape index (κ3) is 5.13. The minimum absolute atomic E-state index is 0.0602.